The van der Waals surface area contributed by atoms with E-state index in [1.165, 1.54) is 5.56 Å². The van der Waals surface area contributed by atoms with Crippen LogP contribution in [-0.2, 0) is 11.2 Å². The van der Waals surface area contributed by atoms with Crippen LogP contribution >= 0.6 is 0 Å². The van der Waals surface area contributed by atoms with Crippen LogP contribution in [0.3, 0.4) is 0 Å². The lowest BCUT2D eigenvalue weighted by Crippen LogP contribution is -2.26. The SMILES string of the molecule is Cc1ccc(-c2noc(CCC(=O)NC(C)c3cccc(OC(C)C)c3)n2)cc1. The Kier molecular flexibility index (Phi) is 6.65. The highest BCUT2D eigenvalue weighted by Crippen LogP contribution is 2.20. The Morgan fingerprint density at radius 2 is 1.90 bits per heavy atom. The highest BCUT2D eigenvalue weighted by Gasteiger charge is 2.14. The number of carbonyl (C=O) groups is 1. The van der Waals surface area contributed by atoms with Gasteiger partial charge in [0, 0.05) is 18.4 Å². The summed E-state index contributed by atoms with van der Waals surface area (Å²) in [7, 11) is 0. The molecule has 3 rings (SSSR count). The minimum atomic E-state index is -0.121. The van der Waals surface area contributed by atoms with E-state index in [9.17, 15) is 4.79 Å². The van der Waals surface area contributed by atoms with Crippen molar-refractivity contribution in [2.24, 2.45) is 0 Å². The van der Waals surface area contributed by atoms with Crippen molar-refractivity contribution in [2.75, 3.05) is 0 Å². The van der Waals surface area contributed by atoms with E-state index in [2.05, 4.69) is 15.5 Å². The molecule has 1 amide bonds. The molecule has 6 nitrogen and oxygen atoms in total. The zero-order chi connectivity index (χ0) is 20.8. The Balaban J connectivity index is 1.53. The molecule has 1 heterocycles. The molecule has 29 heavy (non-hydrogen) atoms. The molecule has 0 fully saturated rings. The average molecular weight is 393 g/mol. The van der Waals surface area contributed by atoms with E-state index in [0.717, 1.165) is 16.9 Å². The third kappa shape index (κ3) is 5.91. The Morgan fingerprint density at radius 1 is 1.14 bits per heavy atom. The minimum absolute atomic E-state index is 0.0669. The quantitative estimate of drug-likeness (QED) is 0.603. The van der Waals surface area contributed by atoms with Crippen molar-refractivity contribution < 1.29 is 14.1 Å². The van der Waals surface area contributed by atoms with Gasteiger partial charge in [-0.2, -0.15) is 4.98 Å². The van der Waals surface area contributed by atoms with Crippen LogP contribution in [0, 0.1) is 6.92 Å². The van der Waals surface area contributed by atoms with Crippen molar-refractivity contribution in [1.82, 2.24) is 15.5 Å². The van der Waals surface area contributed by atoms with E-state index in [4.69, 9.17) is 9.26 Å². The molecule has 1 unspecified atom stereocenters. The molecule has 0 saturated heterocycles. The maximum atomic E-state index is 12.3. The third-order valence-electron chi connectivity index (χ3n) is 4.45. The van der Waals surface area contributed by atoms with Gasteiger partial charge in [0.1, 0.15) is 5.75 Å². The molecule has 1 N–H and O–H groups in total. The van der Waals surface area contributed by atoms with Crippen molar-refractivity contribution in [2.45, 2.75) is 52.7 Å². The lowest BCUT2D eigenvalue weighted by molar-refractivity contribution is -0.121. The van der Waals surface area contributed by atoms with Gasteiger partial charge in [-0.05, 0) is 45.4 Å². The number of carbonyl (C=O) groups excluding carboxylic acids is 1. The van der Waals surface area contributed by atoms with Crippen LogP contribution in [-0.4, -0.2) is 22.2 Å². The minimum Gasteiger partial charge on any atom is -0.491 e. The highest BCUT2D eigenvalue weighted by atomic mass is 16.5. The summed E-state index contributed by atoms with van der Waals surface area (Å²) >= 11 is 0. The van der Waals surface area contributed by atoms with Gasteiger partial charge in [0.05, 0.1) is 12.1 Å². The Labute approximate surface area is 171 Å². The summed E-state index contributed by atoms with van der Waals surface area (Å²) in [6.07, 6.45) is 0.782. The molecule has 1 atom stereocenters. The number of ether oxygens (including phenoxy) is 1. The Bertz CT molecular complexity index is 948. The van der Waals surface area contributed by atoms with Gasteiger partial charge in [-0.3, -0.25) is 4.79 Å². The van der Waals surface area contributed by atoms with Crippen LogP contribution in [0.4, 0.5) is 0 Å². The van der Waals surface area contributed by atoms with Crippen LogP contribution in [0.15, 0.2) is 53.1 Å². The molecule has 0 saturated carbocycles. The number of hydrogen-bond acceptors (Lipinski definition) is 5. The Hall–Kier alpha value is -3.15. The van der Waals surface area contributed by atoms with E-state index in [1.54, 1.807) is 0 Å². The zero-order valence-corrected chi connectivity index (χ0v) is 17.3. The molecule has 0 aliphatic rings. The lowest BCUT2D eigenvalue weighted by Gasteiger charge is -2.16. The largest absolute Gasteiger partial charge is 0.491 e. The fourth-order valence-electron chi connectivity index (χ4n) is 2.92. The average Bonchev–Trinajstić information content (AvgIpc) is 3.15. The van der Waals surface area contributed by atoms with Crippen LogP contribution < -0.4 is 10.1 Å². The number of amides is 1. The van der Waals surface area contributed by atoms with E-state index in [1.807, 2.05) is 76.2 Å². The van der Waals surface area contributed by atoms with Gasteiger partial charge in [0.2, 0.25) is 17.6 Å². The number of hydrogen-bond donors (Lipinski definition) is 1. The second kappa shape index (κ2) is 9.37. The molecular formula is C23H27N3O3. The molecule has 3 aromatic rings. The summed E-state index contributed by atoms with van der Waals surface area (Å²) in [5.41, 5.74) is 3.06. The molecule has 0 bridgehead atoms. The first-order chi connectivity index (χ1) is 13.9. The summed E-state index contributed by atoms with van der Waals surface area (Å²) < 4.78 is 11.0. The topological polar surface area (TPSA) is 77.2 Å². The van der Waals surface area contributed by atoms with Gasteiger partial charge in [-0.1, -0.05) is 47.1 Å². The molecule has 152 valence electrons. The standard InChI is InChI=1S/C23H27N3O3/c1-15(2)28-20-7-5-6-19(14-20)17(4)24-21(27)12-13-22-25-23(26-29-22)18-10-8-16(3)9-11-18/h5-11,14-15,17H,12-13H2,1-4H3,(H,24,27). The van der Waals surface area contributed by atoms with E-state index < -0.39 is 0 Å². The van der Waals surface area contributed by atoms with Crippen LogP contribution in [0.5, 0.6) is 5.75 Å². The molecule has 1 aromatic heterocycles. The third-order valence-corrected chi connectivity index (χ3v) is 4.45. The van der Waals surface area contributed by atoms with Crippen molar-refractivity contribution in [3.05, 3.63) is 65.5 Å². The second-order valence-corrected chi connectivity index (χ2v) is 7.41. The monoisotopic (exact) mass is 393 g/mol. The van der Waals surface area contributed by atoms with Crippen LogP contribution in [0.1, 0.15) is 50.3 Å². The van der Waals surface area contributed by atoms with Gasteiger partial charge >= 0.3 is 0 Å². The summed E-state index contributed by atoms with van der Waals surface area (Å²) in [6.45, 7) is 7.95. The first-order valence-corrected chi connectivity index (χ1v) is 9.86. The molecule has 0 radical (unpaired) electrons. The van der Waals surface area contributed by atoms with Gasteiger partial charge in [-0.25, -0.2) is 0 Å². The number of rotatable bonds is 8. The van der Waals surface area contributed by atoms with E-state index in [-0.39, 0.29) is 24.5 Å². The predicted octanol–water partition coefficient (Wildman–Crippen LogP) is 4.64. The fraction of sp³-hybridized carbons (Fsp3) is 0.348. The van der Waals surface area contributed by atoms with Gasteiger partial charge < -0.3 is 14.6 Å². The van der Waals surface area contributed by atoms with Crippen molar-refractivity contribution in [3.63, 3.8) is 0 Å². The first kappa shape index (κ1) is 20.6. The molecular weight excluding hydrogens is 366 g/mol. The Morgan fingerprint density at radius 3 is 2.62 bits per heavy atom. The van der Waals surface area contributed by atoms with Crippen molar-refractivity contribution >= 4 is 5.91 Å². The number of aromatic nitrogens is 2. The summed E-state index contributed by atoms with van der Waals surface area (Å²) in [6, 6.07) is 15.6. The van der Waals surface area contributed by atoms with Crippen molar-refractivity contribution in [1.29, 1.82) is 0 Å². The summed E-state index contributed by atoms with van der Waals surface area (Å²) in [4.78, 5) is 16.7. The van der Waals surface area contributed by atoms with Crippen LogP contribution in [0.2, 0.25) is 0 Å². The van der Waals surface area contributed by atoms with Gasteiger partial charge in [-0.15, -0.1) is 0 Å². The lowest BCUT2D eigenvalue weighted by atomic mass is 10.1. The number of nitrogens with zero attached hydrogens (tertiary/aromatic N) is 2. The summed E-state index contributed by atoms with van der Waals surface area (Å²) in [5, 5.41) is 7.01. The molecule has 0 aliphatic carbocycles. The second-order valence-electron chi connectivity index (χ2n) is 7.41. The maximum Gasteiger partial charge on any atom is 0.227 e. The van der Waals surface area contributed by atoms with Gasteiger partial charge in [0.15, 0.2) is 0 Å². The number of benzene rings is 2. The highest BCUT2D eigenvalue weighted by molar-refractivity contribution is 5.76. The smallest absolute Gasteiger partial charge is 0.227 e. The van der Waals surface area contributed by atoms with Crippen molar-refractivity contribution in [3.8, 4) is 17.1 Å². The molecule has 0 spiro atoms. The normalized spacial score (nSPS) is 12.0. The summed E-state index contributed by atoms with van der Waals surface area (Å²) in [5.74, 6) is 1.72. The predicted molar refractivity (Wildman–Crippen MR) is 112 cm³/mol. The maximum absolute atomic E-state index is 12.3. The van der Waals surface area contributed by atoms with E-state index in [0.29, 0.717) is 18.1 Å². The van der Waals surface area contributed by atoms with Crippen LogP contribution in [0.25, 0.3) is 11.4 Å². The zero-order valence-electron chi connectivity index (χ0n) is 17.3. The fourth-order valence-corrected chi connectivity index (χ4v) is 2.92. The molecule has 6 heteroatoms. The molecule has 0 aliphatic heterocycles. The molecule has 2 aromatic carbocycles. The van der Waals surface area contributed by atoms with Gasteiger partial charge in [0.25, 0.3) is 0 Å². The van der Waals surface area contributed by atoms with E-state index >= 15 is 0 Å². The number of nitrogens with one attached hydrogen (secondary N) is 1. The first-order valence-electron chi connectivity index (χ1n) is 9.86. The number of aryl methyl sites for hydroxylation is 2.